The number of ether oxygens (including phenoxy) is 1. The Balaban J connectivity index is 2.52. The second kappa shape index (κ2) is 5.97. The summed E-state index contributed by atoms with van der Waals surface area (Å²) in [6, 6.07) is 7.86. The number of hydrogen-bond donors (Lipinski definition) is 1. The van der Waals surface area contributed by atoms with E-state index in [4.69, 9.17) is 22.7 Å². The molecule has 1 heterocycles. The first-order valence-electron chi connectivity index (χ1n) is 6.47. The average molecular weight is 274 g/mol. The highest BCUT2D eigenvalue weighted by molar-refractivity contribution is 7.80. The van der Waals surface area contributed by atoms with Gasteiger partial charge in [-0.15, -0.1) is 0 Å². The zero-order chi connectivity index (χ0) is 13.8. The smallest absolute Gasteiger partial charge is 0.140 e. The summed E-state index contributed by atoms with van der Waals surface area (Å²) in [5.41, 5.74) is 7.36. The first kappa shape index (κ1) is 13.7. The average Bonchev–Trinajstić information content (AvgIpc) is 2.39. The largest absolute Gasteiger partial charge is 0.489 e. The van der Waals surface area contributed by atoms with E-state index in [-0.39, 0.29) is 6.10 Å². The Bertz CT molecular complexity index is 598. The molecule has 2 aromatic rings. The summed E-state index contributed by atoms with van der Waals surface area (Å²) < 4.78 is 6.05. The number of fused-ring (bicyclic) bond motifs is 1. The van der Waals surface area contributed by atoms with Gasteiger partial charge in [0.15, 0.2) is 0 Å². The monoisotopic (exact) mass is 274 g/mol. The highest BCUT2D eigenvalue weighted by Crippen LogP contribution is 2.29. The van der Waals surface area contributed by atoms with Crippen LogP contribution in [0.25, 0.3) is 10.9 Å². The van der Waals surface area contributed by atoms with Gasteiger partial charge in [-0.1, -0.05) is 37.7 Å². The molecular formula is C15H18N2OS. The standard InChI is InChI=1S/C15H18N2OS/c1-3-6-10(2)18-14-11-7-4-5-8-13(11)17-9-12(14)15(16)19/h4-5,7-10H,3,6H2,1-2H3,(H2,16,19). The predicted octanol–water partition coefficient (Wildman–Crippen LogP) is 3.44. The van der Waals surface area contributed by atoms with Crippen molar-refractivity contribution in [3.05, 3.63) is 36.0 Å². The fourth-order valence-electron chi connectivity index (χ4n) is 2.09. The van der Waals surface area contributed by atoms with E-state index in [9.17, 15) is 0 Å². The molecule has 0 saturated heterocycles. The van der Waals surface area contributed by atoms with Gasteiger partial charge < -0.3 is 10.5 Å². The van der Waals surface area contributed by atoms with E-state index >= 15 is 0 Å². The number of hydrogen-bond acceptors (Lipinski definition) is 3. The Hall–Kier alpha value is -1.68. The van der Waals surface area contributed by atoms with E-state index in [1.54, 1.807) is 6.20 Å². The zero-order valence-electron chi connectivity index (χ0n) is 11.2. The Morgan fingerprint density at radius 1 is 1.42 bits per heavy atom. The van der Waals surface area contributed by atoms with Gasteiger partial charge in [-0.25, -0.2) is 0 Å². The molecular weight excluding hydrogens is 256 g/mol. The van der Waals surface area contributed by atoms with Crippen LogP contribution in [0.3, 0.4) is 0 Å². The van der Waals surface area contributed by atoms with Crippen molar-refractivity contribution in [2.24, 2.45) is 5.73 Å². The lowest BCUT2D eigenvalue weighted by molar-refractivity contribution is 0.212. The van der Waals surface area contributed by atoms with Gasteiger partial charge in [0.2, 0.25) is 0 Å². The number of pyridine rings is 1. The maximum Gasteiger partial charge on any atom is 0.140 e. The van der Waals surface area contributed by atoms with Crippen LogP contribution < -0.4 is 10.5 Å². The Morgan fingerprint density at radius 3 is 2.84 bits per heavy atom. The van der Waals surface area contributed by atoms with Crippen LogP contribution in [0.4, 0.5) is 0 Å². The number of nitrogens with zero attached hydrogens (tertiary/aromatic N) is 1. The van der Waals surface area contributed by atoms with Crippen molar-refractivity contribution in [2.45, 2.75) is 32.8 Å². The topological polar surface area (TPSA) is 48.1 Å². The van der Waals surface area contributed by atoms with Crippen LogP contribution in [0.2, 0.25) is 0 Å². The van der Waals surface area contributed by atoms with Crippen molar-refractivity contribution in [1.29, 1.82) is 0 Å². The van der Waals surface area contributed by atoms with Gasteiger partial charge in [-0.2, -0.15) is 0 Å². The van der Waals surface area contributed by atoms with Gasteiger partial charge in [0.1, 0.15) is 10.7 Å². The van der Waals surface area contributed by atoms with Crippen LogP contribution in [-0.4, -0.2) is 16.1 Å². The quantitative estimate of drug-likeness (QED) is 0.849. The van der Waals surface area contributed by atoms with E-state index in [2.05, 4.69) is 18.8 Å². The number of benzene rings is 1. The summed E-state index contributed by atoms with van der Waals surface area (Å²) >= 11 is 5.09. The van der Waals surface area contributed by atoms with Crippen LogP contribution in [0.5, 0.6) is 5.75 Å². The third kappa shape index (κ3) is 3.01. The molecule has 1 atom stereocenters. The highest BCUT2D eigenvalue weighted by atomic mass is 32.1. The molecule has 3 nitrogen and oxygen atoms in total. The first-order chi connectivity index (χ1) is 9.13. The predicted molar refractivity (Wildman–Crippen MR) is 82.6 cm³/mol. The fraction of sp³-hybridized carbons (Fsp3) is 0.333. The number of nitrogens with two attached hydrogens (primary N) is 1. The molecule has 1 aromatic carbocycles. The minimum absolute atomic E-state index is 0.129. The number of rotatable bonds is 5. The van der Waals surface area contributed by atoms with Crippen LogP contribution in [0.1, 0.15) is 32.3 Å². The van der Waals surface area contributed by atoms with Gasteiger partial charge in [0, 0.05) is 11.6 Å². The Kier molecular flexibility index (Phi) is 4.32. The van der Waals surface area contributed by atoms with E-state index < -0.39 is 0 Å². The molecule has 0 bridgehead atoms. The van der Waals surface area contributed by atoms with Gasteiger partial charge in [0.05, 0.1) is 17.2 Å². The molecule has 0 aliphatic rings. The summed E-state index contributed by atoms with van der Waals surface area (Å²) in [6.07, 6.45) is 3.89. The minimum atomic E-state index is 0.129. The normalized spacial score (nSPS) is 12.3. The Morgan fingerprint density at radius 2 is 2.16 bits per heavy atom. The molecule has 100 valence electrons. The lowest BCUT2D eigenvalue weighted by atomic mass is 10.1. The molecule has 2 N–H and O–H groups in total. The summed E-state index contributed by atoms with van der Waals surface area (Å²) in [6.45, 7) is 4.20. The third-order valence-corrected chi connectivity index (χ3v) is 3.23. The first-order valence-corrected chi connectivity index (χ1v) is 6.88. The number of para-hydroxylation sites is 1. The molecule has 4 heteroatoms. The lowest BCUT2D eigenvalue weighted by Gasteiger charge is -2.18. The van der Waals surface area contributed by atoms with Crippen molar-refractivity contribution in [2.75, 3.05) is 0 Å². The lowest BCUT2D eigenvalue weighted by Crippen LogP contribution is -2.17. The summed E-state index contributed by atoms with van der Waals surface area (Å²) in [5, 5.41) is 0.954. The van der Waals surface area contributed by atoms with E-state index in [0.29, 0.717) is 10.6 Å². The molecule has 0 radical (unpaired) electrons. The van der Waals surface area contributed by atoms with Crippen molar-refractivity contribution < 1.29 is 4.74 Å². The van der Waals surface area contributed by atoms with Gasteiger partial charge in [0.25, 0.3) is 0 Å². The van der Waals surface area contributed by atoms with E-state index in [1.165, 1.54) is 0 Å². The Labute approximate surface area is 118 Å². The SMILES string of the molecule is CCCC(C)Oc1c(C(N)=S)cnc2ccccc12. The van der Waals surface area contributed by atoms with Gasteiger partial charge >= 0.3 is 0 Å². The van der Waals surface area contributed by atoms with Crippen molar-refractivity contribution in [3.8, 4) is 5.75 Å². The second-order valence-corrected chi connectivity index (χ2v) is 5.04. The fourth-order valence-corrected chi connectivity index (χ4v) is 2.23. The van der Waals surface area contributed by atoms with Crippen LogP contribution in [0.15, 0.2) is 30.5 Å². The summed E-state index contributed by atoms with van der Waals surface area (Å²) in [7, 11) is 0. The van der Waals surface area contributed by atoms with Crippen LogP contribution in [0, 0.1) is 0 Å². The maximum absolute atomic E-state index is 6.05. The number of thiocarbonyl (C=S) groups is 1. The van der Waals surface area contributed by atoms with Gasteiger partial charge in [-0.05, 0) is 25.5 Å². The van der Waals surface area contributed by atoms with E-state index in [1.807, 2.05) is 24.3 Å². The molecule has 0 spiro atoms. The van der Waals surface area contributed by atoms with Crippen molar-refractivity contribution in [3.63, 3.8) is 0 Å². The summed E-state index contributed by atoms with van der Waals surface area (Å²) in [4.78, 5) is 4.69. The molecule has 0 saturated carbocycles. The zero-order valence-corrected chi connectivity index (χ0v) is 12.0. The number of aromatic nitrogens is 1. The second-order valence-electron chi connectivity index (χ2n) is 4.60. The minimum Gasteiger partial charge on any atom is -0.489 e. The van der Waals surface area contributed by atoms with E-state index in [0.717, 1.165) is 29.5 Å². The molecule has 0 aliphatic heterocycles. The van der Waals surface area contributed by atoms with Crippen molar-refractivity contribution in [1.82, 2.24) is 4.98 Å². The highest BCUT2D eigenvalue weighted by Gasteiger charge is 2.14. The van der Waals surface area contributed by atoms with Crippen LogP contribution in [-0.2, 0) is 0 Å². The van der Waals surface area contributed by atoms with Gasteiger partial charge in [-0.3, -0.25) is 4.98 Å². The maximum atomic E-state index is 6.05. The van der Waals surface area contributed by atoms with Crippen LogP contribution >= 0.6 is 12.2 Å². The molecule has 0 amide bonds. The molecule has 0 aliphatic carbocycles. The van der Waals surface area contributed by atoms with Crippen molar-refractivity contribution >= 4 is 28.1 Å². The molecule has 1 unspecified atom stereocenters. The third-order valence-electron chi connectivity index (χ3n) is 3.01. The molecule has 19 heavy (non-hydrogen) atoms. The summed E-state index contributed by atoms with van der Waals surface area (Å²) in [5.74, 6) is 0.749. The molecule has 0 fully saturated rings. The molecule has 1 aromatic heterocycles. The molecule has 2 rings (SSSR count).